The van der Waals surface area contributed by atoms with Crippen molar-refractivity contribution in [3.05, 3.63) is 75.8 Å². The molecule has 6 heteroatoms. The molecule has 1 aliphatic heterocycles. The Labute approximate surface area is 181 Å². The highest BCUT2D eigenvalue weighted by Gasteiger charge is 2.27. The van der Waals surface area contributed by atoms with E-state index in [1.54, 1.807) is 12.3 Å². The number of nitriles is 1. The first-order chi connectivity index (χ1) is 15.1. The number of pyridine rings is 2. The maximum absolute atomic E-state index is 12.5. The van der Waals surface area contributed by atoms with Gasteiger partial charge in [-0.3, -0.25) is 14.7 Å². The topological polar surface area (TPSA) is 76.0 Å². The van der Waals surface area contributed by atoms with Crippen molar-refractivity contribution in [1.29, 1.82) is 5.26 Å². The lowest BCUT2D eigenvalue weighted by Crippen LogP contribution is -2.49. The molecule has 1 aromatic carbocycles. The summed E-state index contributed by atoms with van der Waals surface area (Å²) in [5.41, 5.74) is 5.82. The smallest absolute Gasteiger partial charge is 0.257 e. The van der Waals surface area contributed by atoms with Gasteiger partial charge >= 0.3 is 0 Å². The molecule has 1 atom stereocenters. The van der Waals surface area contributed by atoms with E-state index in [2.05, 4.69) is 31.9 Å². The largest absolute Gasteiger partial charge is 0.369 e. The lowest BCUT2D eigenvalue weighted by atomic mass is 10.0. The fourth-order valence-electron chi connectivity index (χ4n) is 4.86. The minimum absolute atomic E-state index is 0.0657. The summed E-state index contributed by atoms with van der Waals surface area (Å²) < 4.78 is 0. The van der Waals surface area contributed by atoms with Crippen LogP contribution in [0.4, 0.5) is 5.69 Å². The molecule has 0 radical (unpaired) electrons. The summed E-state index contributed by atoms with van der Waals surface area (Å²) in [6.45, 7) is 6.00. The van der Waals surface area contributed by atoms with E-state index < -0.39 is 0 Å². The van der Waals surface area contributed by atoms with E-state index in [1.807, 2.05) is 37.3 Å². The lowest BCUT2D eigenvalue weighted by molar-refractivity contribution is 0.214. The number of anilines is 1. The van der Waals surface area contributed by atoms with Crippen LogP contribution in [0.3, 0.4) is 0 Å². The molecule has 1 N–H and O–H groups in total. The maximum atomic E-state index is 12.5. The minimum atomic E-state index is -0.0657. The van der Waals surface area contributed by atoms with Crippen LogP contribution in [-0.2, 0) is 0 Å². The van der Waals surface area contributed by atoms with Crippen molar-refractivity contribution in [3.8, 4) is 6.07 Å². The molecule has 1 fully saturated rings. The number of nitrogens with one attached hydrogen (secondary N) is 1. The van der Waals surface area contributed by atoms with E-state index in [1.165, 1.54) is 11.3 Å². The molecular weight excluding hydrogens is 386 g/mol. The van der Waals surface area contributed by atoms with Crippen molar-refractivity contribution in [2.24, 2.45) is 0 Å². The Morgan fingerprint density at radius 1 is 1.13 bits per heavy atom. The number of aryl methyl sites for hydroxylation is 1. The molecule has 0 amide bonds. The number of aromatic amines is 1. The van der Waals surface area contributed by atoms with Gasteiger partial charge in [-0.15, -0.1) is 0 Å². The van der Waals surface area contributed by atoms with E-state index in [-0.39, 0.29) is 5.56 Å². The molecule has 1 unspecified atom stereocenters. The summed E-state index contributed by atoms with van der Waals surface area (Å²) in [6.07, 6.45) is 6.13. The highest BCUT2D eigenvalue weighted by atomic mass is 16.1. The van der Waals surface area contributed by atoms with Gasteiger partial charge in [0.05, 0.1) is 22.5 Å². The molecule has 6 nitrogen and oxygen atoms in total. The summed E-state index contributed by atoms with van der Waals surface area (Å²) in [5.74, 6) is 0. The van der Waals surface area contributed by atoms with E-state index in [4.69, 9.17) is 5.26 Å². The van der Waals surface area contributed by atoms with Crippen LogP contribution in [-0.4, -0.2) is 47.1 Å². The number of hydrogen-bond acceptors (Lipinski definition) is 5. The highest BCUT2D eigenvalue weighted by molar-refractivity contribution is 5.85. The van der Waals surface area contributed by atoms with Crippen LogP contribution in [0, 0.1) is 18.3 Å². The van der Waals surface area contributed by atoms with Gasteiger partial charge in [0, 0.05) is 49.8 Å². The zero-order valence-electron chi connectivity index (χ0n) is 17.6. The number of hydrogen-bond donors (Lipinski definition) is 1. The Hall–Kier alpha value is -3.43. The Balaban J connectivity index is 1.31. The maximum Gasteiger partial charge on any atom is 0.257 e. The average Bonchev–Trinajstić information content (AvgIpc) is 3.32. The number of nitrogens with zero attached hydrogens (tertiary/aromatic N) is 4. The monoisotopic (exact) mass is 411 g/mol. The average molecular weight is 412 g/mol. The molecule has 3 aromatic rings. The van der Waals surface area contributed by atoms with Gasteiger partial charge in [-0.1, -0.05) is 6.08 Å². The molecule has 2 aliphatic rings. The quantitative estimate of drug-likeness (QED) is 0.714. The van der Waals surface area contributed by atoms with Crippen LogP contribution in [0.25, 0.3) is 16.5 Å². The van der Waals surface area contributed by atoms with Crippen molar-refractivity contribution in [3.63, 3.8) is 0 Å². The highest BCUT2D eigenvalue weighted by Crippen LogP contribution is 2.32. The molecule has 3 heterocycles. The number of allylic oxidation sites excluding steroid dienone is 1. The molecule has 1 aliphatic carbocycles. The summed E-state index contributed by atoms with van der Waals surface area (Å²) in [6, 6.07) is 14.1. The second kappa shape index (κ2) is 8.01. The Bertz CT molecular complexity index is 1240. The first-order valence-electron chi connectivity index (χ1n) is 10.8. The van der Waals surface area contributed by atoms with Gasteiger partial charge < -0.3 is 9.88 Å². The van der Waals surface area contributed by atoms with Gasteiger partial charge in [0.25, 0.3) is 5.56 Å². The van der Waals surface area contributed by atoms with Crippen molar-refractivity contribution < 1.29 is 0 Å². The SMILES string of the molecule is Cc1c(C2=CC(N3CCN(c4ccc(C#N)cc4)CC3)CC2)[nH]c(=O)c2cccnc12. The molecular formula is C25H25N5O. The van der Waals surface area contributed by atoms with Crippen LogP contribution < -0.4 is 10.5 Å². The fourth-order valence-corrected chi connectivity index (χ4v) is 4.86. The number of rotatable bonds is 3. The van der Waals surface area contributed by atoms with Crippen LogP contribution in [0.1, 0.15) is 29.7 Å². The van der Waals surface area contributed by atoms with Crippen LogP contribution in [0.2, 0.25) is 0 Å². The van der Waals surface area contributed by atoms with E-state index in [9.17, 15) is 4.79 Å². The van der Waals surface area contributed by atoms with Crippen LogP contribution >= 0.6 is 0 Å². The lowest BCUT2D eigenvalue weighted by Gasteiger charge is -2.38. The third kappa shape index (κ3) is 3.62. The second-order valence-corrected chi connectivity index (χ2v) is 8.33. The standard InChI is InChI=1S/C25H25N5O/c1-17-23(28-25(31)22-3-2-10-27-24(17)22)19-6-9-21(15-19)30-13-11-29(12-14-30)20-7-4-18(16-26)5-8-20/h2-5,7-8,10,15,21H,6,9,11-14H2,1H3,(H,28,31). The molecule has 0 spiro atoms. The number of piperazine rings is 1. The normalized spacial score (nSPS) is 19.4. The zero-order chi connectivity index (χ0) is 21.4. The molecule has 5 rings (SSSR count). The second-order valence-electron chi connectivity index (χ2n) is 8.33. The first kappa shape index (κ1) is 19.5. The van der Waals surface area contributed by atoms with Crippen LogP contribution in [0.5, 0.6) is 0 Å². The number of fused-ring (bicyclic) bond motifs is 1. The molecule has 0 bridgehead atoms. The van der Waals surface area contributed by atoms with Gasteiger partial charge in [-0.2, -0.15) is 5.26 Å². The molecule has 1 saturated heterocycles. The minimum Gasteiger partial charge on any atom is -0.369 e. The third-order valence-electron chi connectivity index (χ3n) is 6.59. The first-order valence-corrected chi connectivity index (χ1v) is 10.8. The third-order valence-corrected chi connectivity index (χ3v) is 6.59. The van der Waals surface area contributed by atoms with Gasteiger partial charge in [0.15, 0.2) is 0 Å². The summed E-state index contributed by atoms with van der Waals surface area (Å²) in [5, 5.41) is 9.63. The fraction of sp³-hybridized carbons (Fsp3) is 0.320. The van der Waals surface area contributed by atoms with E-state index >= 15 is 0 Å². The molecule has 156 valence electrons. The Morgan fingerprint density at radius 2 is 1.90 bits per heavy atom. The summed E-state index contributed by atoms with van der Waals surface area (Å²) >= 11 is 0. The molecule has 31 heavy (non-hydrogen) atoms. The van der Waals surface area contributed by atoms with E-state index in [0.717, 1.165) is 55.8 Å². The van der Waals surface area contributed by atoms with Crippen molar-refractivity contribution in [2.45, 2.75) is 25.8 Å². The van der Waals surface area contributed by atoms with Gasteiger partial charge in [-0.05, 0) is 67.3 Å². The van der Waals surface area contributed by atoms with Gasteiger partial charge in [-0.25, -0.2) is 0 Å². The van der Waals surface area contributed by atoms with Gasteiger partial charge in [0.1, 0.15) is 0 Å². The summed E-state index contributed by atoms with van der Waals surface area (Å²) in [7, 11) is 0. The van der Waals surface area contributed by atoms with Gasteiger partial charge in [0.2, 0.25) is 0 Å². The Kier molecular flexibility index (Phi) is 5.05. The van der Waals surface area contributed by atoms with Crippen molar-refractivity contribution in [2.75, 3.05) is 31.1 Å². The predicted molar refractivity (Wildman–Crippen MR) is 123 cm³/mol. The predicted octanol–water partition coefficient (Wildman–Crippen LogP) is 3.47. The number of benzene rings is 1. The van der Waals surface area contributed by atoms with Crippen LogP contribution in [0.15, 0.2) is 53.5 Å². The molecule has 0 saturated carbocycles. The van der Waals surface area contributed by atoms with E-state index in [0.29, 0.717) is 17.0 Å². The number of aromatic nitrogens is 2. The summed E-state index contributed by atoms with van der Waals surface area (Å²) in [4.78, 5) is 25.0. The van der Waals surface area contributed by atoms with Crippen molar-refractivity contribution in [1.82, 2.24) is 14.9 Å². The molecule has 2 aromatic heterocycles. The zero-order valence-corrected chi connectivity index (χ0v) is 17.6. The van der Waals surface area contributed by atoms with Crippen molar-refractivity contribution >= 4 is 22.2 Å². The number of H-pyrrole nitrogens is 1. The Morgan fingerprint density at radius 3 is 2.65 bits per heavy atom.